The van der Waals surface area contributed by atoms with Crippen LogP contribution in [0.2, 0.25) is 0 Å². The van der Waals surface area contributed by atoms with Crippen molar-refractivity contribution in [3.8, 4) is 0 Å². The Bertz CT molecular complexity index is 79.6. The van der Waals surface area contributed by atoms with Crippen LogP contribution >= 0.6 is 9.24 Å². The number of aliphatic hydroxyl groups is 1. The molecule has 62 valence electrons. The molecule has 0 aliphatic carbocycles. The van der Waals surface area contributed by atoms with E-state index in [9.17, 15) is 0 Å². The molecule has 0 saturated carbocycles. The Balaban J connectivity index is 3.04. The maximum atomic E-state index is 9.01. The molecule has 1 atom stereocenters. The maximum absolute atomic E-state index is 9.01. The SMILES string of the molecule is CC(C)(O)OCOCCP. The van der Waals surface area contributed by atoms with Crippen LogP contribution in [-0.2, 0) is 9.47 Å². The molecule has 0 aliphatic heterocycles. The third-order valence-corrected chi connectivity index (χ3v) is 0.993. The van der Waals surface area contributed by atoms with Crippen LogP contribution in [0, 0.1) is 0 Å². The summed E-state index contributed by atoms with van der Waals surface area (Å²) in [5.74, 6) is -1.08. The Morgan fingerprint density at radius 3 is 2.50 bits per heavy atom. The fourth-order valence-corrected chi connectivity index (χ4v) is 0.495. The summed E-state index contributed by atoms with van der Waals surface area (Å²) in [6.07, 6.45) is 0.884. The van der Waals surface area contributed by atoms with Crippen LogP contribution in [0.25, 0.3) is 0 Å². The summed E-state index contributed by atoms with van der Waals surface area (Å²) >= 11 is 0. The third-order valence-electron chi connectivity index (χ3n) is 0.758. The molecule has 0 rings (SSSR count). The molecule has 0 saturated heterocycles. The van der Waals surface area contributed by atoms with E-state index >= 15 is 0 Å². The zero-order chi connectivity index (χ0) is 8.04. The van der Waals surface area contributed by atoms with Crippen LogP contribution < -0.4 is 0 Å². The molecular formula is C6H15O3P. The molecule has 0 amide bonds. The molecule has 0 radical (unpaired) electrons. The maximum Gasteiger partial charge on any atom is 0.162 e. The van der Waals surface area contributed by atoms with Crippen molar-refractivity contribution < 1.29 is 14.6 Å². The summed E-state index contributed by atoms with van der Waals surface area (Å²) in [6.45, 7) is 3.92. The van der Waals surface area contributed by atoms with E-state index in [0.29, 0.717) is 6.61 Å². The molecule has 0 fully saturated rings. The van der Waals surface area contributed by atoms with Gasteiger partial charge in [-0.3, -0.25) is 0 Å². The van der Waals surface area contributed by atoms with Gasteiger partial charge < -0.3 is 14.6 Å². The van der Waals surface area contributed by atoms with Gasteiger partial charge in [0.15, 0.2) is 5.79 Å². The first-order valence-corrected chi connectivity index (χ1v) is 4.02. The van der Waals surface area contributed by atoms with E-state index in [4.69, 9.17) is 14.6 Å². The van der Waals surface area contributed by atoms with E-state index in [-0.39, 0.29) is 6.79 Å². The van der Waals surface area contributed by atoms with Crippen LogP contribution in [-0.4, -0.2) is 30.5 Å². The van der Waals surface area contributed by atoms with E-state index in [2.05, 4.69) is 9.24 Å². The smallest absolute Gasteiger partial charge is 0.162 e. The second-order valence-corrected chi connectivity index (χ2v) is 2.98. The first-order chi connectivity index (χ1) is 4.56. The van der Waals surface area contributed by atoms with E-state index < -0.39 is 5.79 Å². The van der Waals surface area contributed by atoms with Crippen molar-refractivity contribution in [1.82, 2.24) is 0 Å². The Kier molecular flexibility index (Phi) is 5.18. The highest BCUT2D eigenvalue weighted by Crippen LogP contribution is 2.01. The Labute approximate surface area is 63.9 Å². The molecule has 3 nitrogen and oxygen atoms in total. The minimum absolute atomic E-state index is 0.151. The fraction of sp³-hybridized carbons (Fsp3) is 1.00. The molecule has 0 bridgehead atoms. The van der Waals surface area contributed by atoms with Gasteiger partial charge in [0.25, 0.3) is 0 Å². The summed E-state index contributed by atoms with van der Waals surface area (Å²) in [4.78, 5) is 0. The van der Waals surface area contributed by atoms with E-state index in [0.717, 1.165) is 6.16 Å². The molecule has 1 unspecified atom stereocenters. The van der Waals surface area contributed by atoms with E-state index in [1.807, 2.05) is 0 Å². The molecule has 10 heavy (non-hydrogen) atoms. The van der Waals surface area contributed by atoms with Gasteiger partial charge >= 0.3 is 0 Å². The van der Waals surface area contributed by atoms with Crippen molar-refractivity contribution in [3.05, 3.63) is 0 Å². The van der Waals surface area contributed by atoms with Gasteiger partial charge in [-0.05, 0) is 20.0 Å². The minimum atomic E-state index is -1.08. The minimum Gasteiger partial charge on any atom is -0.366 e. The topological polar surface area (TPSA) is 38.7 Å². The molecule has 0 heterocycles. The second kappa shape index (κ2) is 5.03. The summed E-state index contributed by atoms with van der Waals surface area (Å²) < 4.78 is 9.81. The first-order valence-electron chi connectivity index (χ1n) is 3.20. The standard InChI is InChI=1S/C6H15O3P/c1-6(2,7)9-5-8-3-4-10/h7H,3-5,10H2,1-2H3. The molecule has 0 aliphatic rings. The average molecular weight is 166 g/mol. The second-order valence-electron chi connectivity index (χ2n) is 2.41. The summed E-state index contributed by atoms with van der Waals surface area (Å²) in [6, 6.07) is 0. The number of hydrogen-bond donors (Lipinski definition) is 1. The largest absolute Gasteiger partial charge is 0.366 e. The van der Waals surface area contributed by atoms with Crippen molar-refractivity contribution in [1.29, 1.82) is 0 Å². The zero-order valence-electron chi connectivity index (χ0n) is 6.46. The van der Waals surface area contributed by atoms with Gasteiger partial charge in [0.05, 0.1) is 6.61 Å². The Morgan fingerprint density at radius 1 is 1.50 bits per heavy atom. The first kappa shape index (κ1) is 10.3. The number of hydrogen-bond acceptors (Lipinski definition) is 3. The predicted octanol–water partition coefficient (Wildman–Crippen LogP) is 0.581. The lowest BCUT2D eigenvalue weighted by atomic mass is 10.4. The highest BCUT2D eigenvalue weighted by atomic mass is 31.0. The normalized spacial score (nSPS) is 12.0. The quantitative estimate of drug-likeness (QED) is 0.369. The molecule has 1 N–H and O–H groups in total. The van der Waals surface area contributed by atoms with E-state index in [1.54, 1.807) is 13.8 Å². The zero-order valence-corrected chi connectivity index (χ0v) is 7.62. The molecule has 0 spiro atoms. The summed E-state index contributed by atoms with van der Waals surface area (Å²) in [5, 5.41) is 9.01. The van der Waals surface area contributed by atoms with Gasteiger partial charge in [-0.2, -0.15) is 0 Å². The van der Waals surface area contributed by atoms with Crippen LogP contribution in [0.4, 0.5) is 0 Å². The highest BCUT2D eigenvalue weighted by molar-refractivity contribution is 7.16. The fourth-order valence-electron chi connectivity index (χ4n) is 0.328. The van der Waals surface area contributed by atoms with E-state index in [1.165, 1.54) is 0 Å². The lowest BCUT2D eigenvalue weighted by Crippen LogP contribution is -2.24. The summed E-state index contributed by atoms with van der Waals surface area (Å²) in [7, 11) is 2.54. The van der Waals surface area contributed by atoms with Crippen molar-refractivity contribution in [2.45, 2.75) is 19.6 Å². The van der Waals surface area contributed by atoms with Crippen LogP contribution in [0.5, 0.6) is 0 Å². The summed E-state index contributed by atoms with van der Waals surface area (Å²) in [5.41, 5.74) is 0. The average Bonchev–Trinajstić information content (AvgIpc) is 1.78. The van der Waals surface area contributed by atoms with Crippen molar-refractivity contribution in [2.24, 2.45) is 0 Å². The lowest BCUT2D eigenvalue weighted by Gasteiger charge is -2.17. The number of rotatable bonds is 5. The molecule has 4 heteroatoms. The predicted molar refractivity (Wildman–Crippen MR) is 42.8 cm³/mol. The van der Waals surface area contributed by atoms with Crippen molar-refractivity contribution in [3.63, 3.8) is 0 Å². The van der Waals surface area contributed by atoms with Crippen molar-refractivity contribution in [2.75, 3.05) is 19.6 Å². The molecule has 0 aromatic carbocycles. The van der Waals surface area contributed by atoms with Gasteiger partial charge in [0, 0.05) is 0 Å². The van der Waals surface area contributed by atoms with Crippen LogP contribution in [0.1, 0.15) is 13.8 Å². The Hall–Kier alpha value is 0.310. The third kappa shape index (κ3) is 8.31. The van der Waals surface area contributed by atoms with Crippen LogP contribution in [0.3, 0.4) is 0 Å². The van der Waals surface area contributed by atoms with Gasteiger partial charge in [-0.25, -0.2) is 0 Å². The monoisotopic (exact) mass is 166 g/mol. The van der Waals surface area contributed by atoms with Gasteiger partial charge in [0.2, 0.25) is 0 Å². The highest BCUT2D eigenvalue weighted by Gasteiger charge is 2.11. The van der Waals surface area contributed by atoms with Crippen LogP contribution in [0.15, 0.2) is 0 Å². The van der Waals surface area contributed by atoms with Crippen molar-refractivity contribution >= 4 is 9.24 Å². The molecular weight excluding hydrogens is 151 g/mol. The Morgan fingerprint density at radius 2 is 2.10 bits per heavy atom. The lowest BCUT2D eigenvalue weighted by molar-refractivity contribution is -0.225. The van der Waals surface area contributed by atoms with Gasteiger partial charge in [-0.15, -0.1) is 9.24 Å². The number of ether oxygens (including phenoxy) is 2. The molecule has 0 aromatic heterocycles. The van der Waals surface area contributed by atoms with Gasteiger partial charge in [0.1, 0.15) is 6.79 Å². The molecule has 0 aromatic rings. The van der Waals surface area contributed by atoms with Gasteiger partial charge in [-0.1, -0.05) is 0 Å².